The van der Waals surface area contributed by atoms with Gasteiger partial charge in [0.2, 0.25) is 5.89 Å². The molecule has 0 aliphatic rings. The van der Waals surface area contributed by atoms with Gasteiger partial charge in [0.05, 0.1) is 6.10 Å². The van der Waals surface area contributed by atoms with Crippen LogP contribution in [0.2, 0.25) is 0 Å². The van der Waals surface area contributed by atoms with Crippen molar-refractivity contribution in [3.8, 4) is 17.2 Å². The molecule has 1 atom stereocenters. The summed E-state index contributed by atoms with van der Waals surface area (Å²) in [6.45, 7) is 8.24. The molecule has 5 heteroatoms. The molecule has 1 aromatic heterocycles. The maximum atomic E-state index is 12.6. The topological polar surface area (TPSA) is 64.4 Å². The summed E-state index contributed by atoms with van der Waals surface area (Å²) in [4.78, 5) is 17.2. The molecule has 0 spiro atoms. The second-order valence-corrected chi connectivity index (χ2v) is 7.82. The number of benzene rings is 3. The summed E-state index contributed by atoms with van der Waals surface area (Å²) in [5, 5.41) is 2.93. The van der Waals surface area contributed by atoms with Crippen molar-refractivity contribution < 1.29 is 13.9 Å². The predicted molar refractivity (Wildman–Crippen MR) is 124 cm³/mol. The largest absolute Gasteiger partial charge is 0.491 e. The number of nitrogens with zero attached hydrogens (tertiary/aromatic N) is 1. The van der Waals surface area contributed by atoms with E-state index in [1.807, 2.05) is 43.3 Å². The molecule has 0 bridgehead atoms. The molecule has 4 rings (SSSR count). The van der Waals surface area contributed by atoms with E-state index in [0.29, 0.717) is 28.2 Å². The van der Waals surface area contributed by atoms with Crippen molar-refractivity contribution in [2.75, 3.05) is 5.32 Å². The first-order valence-corrected chi connectivity index (χ1v) is 10.5. The number of fused-ring (bicyclic) bond motifs is 1. The molecule has 1 N–H and O–H groups in total. The Bertz CT molecular complexity index is 1230. The average Bonchev–Trinajstić information content (AvgIpc) is 3.19. The lowest BCUT2D eigenvalue weighted by Gasteiger charge is -2.12. The molecule has 1 amide bonds. The molecule has 158 valence electrons. The van der Waals surface area contributed by atoms with Crippen molar-refractivity contribution in [1.82, 2.24) is 4.98 Å². The number of nitrogens with one attached hydrogen (secondary N) is 1. The zero-order valence-electron chi connectivity index (χ0n) is 18.2. The monoisotopic (exact) mass is 414 g/mol. The standard InChI is InChI=1S/C26H26N2O3/c1-5-18(4)30-22-11-8-19(9-12-22)25(29)27-21-10-13-24-23(15-21)28-26(31-24)20-7-6-16(2)17(3)14-20/h6-15,18H,5H2,1-4H3,(H,27,29). The highest BCUT2D eigenvalue weighted by Crippen LogP contribution is 2.27. The van der Waals surface area contributed by atoms with Crippen LogP contribution < -0.4 is 10.1 Å². The lowest BCUT2D eigenvalue weighted by molar-refractivity contribution is 0.102. The van der Waals surface area contributed by atoms with Gasteiger partial charge in [0.1, 0.15) is 11.3 Å². The number of hydrogen-bond donors (Lipinski definition) is 1. The number of carbonyl (C=O) groups is 1. The number of aryl methyl sites for hydroxylation is 2. The van der Waals surface area contributed by atoms with Crippen molar-refractivity contribution in [1.29, 1.82) is 0 Å². The molecule has 31 heavy (non-hydrogen) atoms. The van der Waals surface area contributed by atoms with E-state index in [-0.39, 0.29) is 12.0 Å². The van der Waals surface area contributed by atoms with Gasteiger partial charge in [0, 0.05) is 16.8 Å². The molecule has 0 aliphatic heterocycles. The van der Waals surface area contributed by atoms with E-state index in [9.17, 15) is 4.79 Å². The van der Waals surface area contributed by atoms with Gasteiger partial charge in [-0.2, -0.15) is 0 Å². The maximum absolute atomic E-state index is 12.6. The van der Waals surface area contributed by atoms with Gasteiger partial charge in [-0.1, -0.05) is 13.0 Å². The molecule has 0 aliphatic carbocycles. The molecule has 4 aromatic rings. The summed E-state index contributed by atoms with van der Waals surface area (Å²) in [6, 6.07) is 18.8. The third-order valence-electron chi connectivity index (χ3n) is 5.43. The van der Waals surface area contributed by atoms with Gasteiger partial charge in [-0.05, 0) is 92.9 Å². The Hall–Kier alpha value is -3.60. The number of ether oxygens (including phenoxy) is 1. The second kappa shape index (κ2) is 8.64. The predicted octanol–water partition coefficient (Wildman–Crippen LogP) is 6.54. The van der Waals surface area contributed by atoms with E-state index in [4.69, 9.17) is 9.15 Å². The molecule has 1 unspecified atom stereocenters. The van der Waals surface area contributed by atoms with Crippen LogP contribution in [-0.4, -0.2) is 17.0 Å². The first-order chi connectivity index (χ1) is 14.9. The molecule has 0 fully saturated rings. The zero-order chi connectivity index (χ0) is 22.0. The summed E-state index contributed by atoms with van der Waals surface area (Å²) >= 11 is 0. The van der Waals surface area contributed by atoms with Gasteiger partial charge < -0.3 is 14.5 Å². The van der Waals surface area contributed by atoms with Gasteiger partial charge in [0.25, 0.3) is 5.91 Å². The highest BCUT2D eigenvalue weighted by molar-refractivity contribution is 6.05. The Labute approximate surface area is 182 Å². The van der Waals surface area contributed by atoms with Gasteiger partial charge in [-0.3, -0.25) is 4.79 Å². The number of hydrogen-bond acceptors (Lipinski definition) is 4. The Morgan fingerprint density at radius 3 is 2.52 bits per heavy atom. The minimum Gasteiger partial charge on any atom is -0.491 e. The number of aromatic nitrogens is 1. The van der Waals surface area contributed by atoms with Crippen molar-refractivity contribution >= 4 is 22.7 Å². The first-order valence-electron chi connectivity index (χ1n) is 10.5. The van der Waals surface area contributed by atoms with E-state index in [0.717, 1.165) is 17.7 Å². The minimum absolute atomic E-state index is 0.141. The van der Waals surface area contributed by atoms with Crippen LogP contribution >= 0.6 is 0 Å². The van der Waals surface area contributed by atoms with Gasteiger partial charge in [-0.15, -0.1) is 0 Å². The van der Waals surface area contributed by atoms with E-state index >= 15 is 0 Å². The smallest absolute Gasteiger partial charge is 0.255 e. The van der Waals surface area contributed by atoms with Crippen molar-refractivity contribution in [2.24, 2.45) is 0 Å². The molecule has 3 aromatic carbocycles. The highest BCUT2D eigenvalue weighted by Gasteiger charge is 2.12. The normalized spacial score (nSPS) is 12.0. The molecule has 0 saturated carbocycles. The number of amides is 1. The zero-order valence-corrected chi connectivity index (χ0v) is 18.2. The summed E-state index contributed by atoms with van der Waals surface area (Å²) in [6.07, 6.45) is 1.07. The first kappa shape index (κ1) is 20.7. The van der Waals surface area contributed by atoms with Crippen LogP contribution in [-0.2, 0) is 0 Å². The van der Waals surface area contributed by atoms with Crippen LogP contribution in [0.3, 0.4) is 0 Å². The number of carbonyl (C=O) groups excluding carboxylic acids is 1. The van der Waals surface area contributed by atoms with Crippen LogP contribution in [0.15, 0.2) is 65.1 Å². The molecule has 0 saturated heterocycles. The van der Waals surface area contributed by atoms with Crippen LogP contribution in [0.4, 0.5) is 5.69 Å². The van der Waals surface area contributed by atoms with Crippen molar-refractivity contribution in [3.63, 3.8) is 0 Å². The maximum Gasteiger partial charge on any atom is 0.255 e. The van der Waals surface area contributed by atoms with E-state index in [2.05, 4.69) is 43.2 Å². The Morgan fingerprint density at radius 2 is 1.81 bits per heavy atom. The van der Waals surface area contributed by atoms with Crippen LogP contribution in [0.25, 0.3) is 22.6 Å². The fourth-order valence-corrected chi connectivity index (χ4v) is 3.21. The highest BCUT2D eigenvalue weighted by atomic mass is 16.5. The van der Waals surface area contributed by atoms with Crippen LogP contribution in [0.5, 0.6) is 5.75 Å². The molecule has 5 nitrogen and oxygen atoms in total. The number of anilines is 1. The second-order valence-electron chi connectivity index (χ2n) is 7.82. The number of oxazole rings is 1. The SMILES string of the molecule is CCC(C)Oc1ccc(C(=O)Nc2ccc3oc(-c4ccc(C)c(C)c4)nc3c2)cc1. The molecular weight excluding hydrogens is 388 g/mol. The van der Waals surface area contributed by atoms with E-state index in [1.165, 1.54) is 11.1 Å². The molecule has 1 heterocycles. The van der Waals surface area contributed by atoms with Crippen LogP contribution in [0, 0.1) is 13.8 Å². The Kier molecular flexibility index (Phi) is 5.76. The summed E-state index contributed by atoms with van der Waals surface area (Å²) in [5.74, 6) is 1.14. The fourth-order valence-electron chi connectivity index (χ4n) is 3.21. The third-order valence-corrected chi connectivity index (χ3v) is 5.43. The van der Waals surface area contributed by atoms with Crippen LogP contribution in [0.1, 0.15) is 41.8 Å². The van der Waals surface area contributed by atoms with Crippen molar-refractivity contribution in [2.45, 2.75) is 40.2 Å². The van der Waals surface area contributed by atoms with Gasteiger partial charge in [0.15, 0.2) is 5.58 Å². The Morgan fingerprint density at radius 1 is 1.03 bits per heavy atom. The lowest BCUT2D eigenvalue weighted by atomic mass is 10.1. The number of rotatable bonds is 6. The summed E-state index contributed by atoms with van der Waals surface area (Å²) < 4.78 is 11.7. The third kappa shape index (κ3) is 4.61. The van der Waals surface area contributed by atoms with Gasteiger partial charge in [-0.25, -0.2) is 4.98 Å². The fraction of sp³-hybridized carbons (Fsp3) is 0.231. The van der Waals surface area contributed by atoms with Gasteiger partial charge >= 0.3 is 0 Å². The summed E-state index contributed by atoms with van der Waals surface area (Å²) in [5.41, 5.74) is 5.95. The summed E-state index contributed by atoms with van der Waals surface area (Å²) in [7, 11) is 0. The minimum atomic E-state index is -0.188. The van der Waals surface area contributed by atoms with Crippen molar-refractivity contribution in [3.05, 3.63) is 77.4 Å². The average molecular weight is 415 g/mol. The van der Waals surface area contributed by atoms with E-state index < -0.39 is 0 Å². The lowest BCUT2D eigenvalue weighted by Crippen LogP contribution is -2.12. The molecular formula is C26H26N2O3. The molecule has 0 radical (unpaired) electrons. The van der Waals surface area contributed by atoms with E-state index in [1.54, 1.807) is 12.1 Å². The Balaban J connectivity index is 1.50. The quantitative estimate of drug-likeness (QED) is 0.389.